The molecule has 0 aromatic heterocycles. The Morgan fingerprint density at radius 1 is 1.50 bits per heavy atom. The predicted molar refractivity (Wildman–Crippen MR) is 67.6 cm³/mol. The van der Waals surface area contributed by atoms with Gasteiger partial charge in [-0.1, -0.05) is 28.4 Å². The van der Waals surface area contributed by atoms with Crippen molar-refractivity contribution < 1.29 is 9.84 Å². The third kappa shape index (κ3) is 2.77. The van der Waals surface area contributed by atoms with Crippen molar-refractivity contribution in [1.29, 1.82) is 0 Å². The maximum absolute atomic E-state index is 9.64. The third-order valence-electron chi connectivity index (χ3n) is 3.12. The highest BCUT2D eigenvalue weighted by Gasteiger charge is 2.19. The second-order valence-electron chi connectivity index (χ2n) is 4.47. The molecule has 1 unspecified atom stereocenters. The Morgan fingerprint density at radius 2 is 2.25 bits per heavy atom. The predicted octanol–water partition coefficient (Wildman–Crippen LogP) is 3.68. The molecule has 0 saturated heterocycles. The molecule has 0 heterocycles. The van der Waals surface area contributed by atoms with Crippen LogP contribution in [0.3, 0.4) is 0 Å². The number of halogens is 1. The molecule has 0 radical (unpaired) electrons. The molecule has 0 aliphatic heterocycles. The Morgan fingerprint density at radius 3 is 2.81 bits per heavy atom. The van der Waals surface area contributed by atoms with Crippen molar-refractivity contribution in [1.82, 2.24) is 0 Å². The third-order valence-corrected chi connectivity index (χ3v) is 3.62. The topological polar surface area (TPSA) is 29.5 Å². The first-order valence-corrected chi connectivity index (χ1v) is 6.56. The summed E-state index contributed by atoms with van der Waals surface area (Å²) in [5.41, 5.74) is 0.863. The Hall–Kier alpha value is -0.540. The highest BCUT2D eigenvalue weighted by molar-refractivity contribution is 9.10. The summed E-state index contributed by atoms with van der Waals surface area (Å²) in [4.78, 5) is 0. The lowest BCUT2D eigenvalue weighted by Crippen LogP contribution is -2.19. The van der Waals surface area contributed by atoms with E-state index in [0.29, 0.717) is 5.92 Å². The van der Waals surface area contributed by atoms with E-state index in [0.717, 1.165) is 22.4 Å². The molecule has 1 aromatic carbocycles. The summed E-state index contributed by atoms with van der Waals surface area (Å²) >= 11 is 3.42. The number of aliphatic hydroxyl groups is 1. The lowest BCUT2D eigenvalue weighted by molar-refractivity contribution is 0.164. The zero-order valence-electron chi connectivity index (χ0n) is 9.45. The van der Waals surface area contributed by atoms with Gasteiger partial charge in [0.05, 0.1) is 12.7 Å². The Labute approximate surface area is 105 Å². The van der Waals surface area contributed by atoms with Crippen molar-refractivity contribution in [3.05, 3.63) is 28.2 Å². The van der Waals surface area contributed by atoms with Crippen LogP contribution in [0.1, 0.15) is 37.9 Å². The van der Waals surface area contributed by atoms with Gasteiger partial charge in [-0.3, -0.25) is 0 Å². The second-order valence-corrected chi connectivity index (χ2v) is 5.38. The van der Waals surface area contributed by atoms with Crippen molar-refractivity contribution in [2.45, 2.75) is 32.3 Å². The maximum Gasteiger partial charge on any atom is 0.126 e. The summed E-state index contributed by atoms with van der Waals surface area (Å²) in [6.45, 7) is 2.54. The number of ether oxygens (including phenoxy) is 1. The van der Waals surface area contributed by atoms with Crippen LogP contribution < -0.4 is 4.74 Å². The minimum absolute atomic E-state index is 0.482. The van der Waals surface area contributed by atoms with Gasteiger partial charge in [-0.2, -0.15) is 0 Å². The number of aliphatic hydroxyl groups excluding tert-OH is 1. The van der Waals surface area contributed by atoms with Crippen LogP contribution in [0.25, 0.3) is 0 Å². The average Bonchev–Trinajstić information content (AvgIpc) is 2.14. The number of hydrogen-bond donors (Lipinski definition) is 1. The van der Waals surface area contributed by atoms with Crippen LogP contribution in [-0.2, 0) is 0 Å². The molecule has 0 bridgehead atoms. The first-order valence-electron chi connectivity index (χ1n) is 5.77. The molecule has 88 valence electrons. The van der Waals surface area contributed by atoms with E-state index in [1.807, 2.05) is 18.2 Å². The average molecular weight is 285 g/mol. The summed E-state index contributed by atoms with van der Waals surface area (Å²) in [6.07, 6.45) is 3.40. The molecule has 1 aliphatic rings. The van der Waals surface area contributed by atoms with Crippen LogP contribution in [0.2, 0.25) is 0 Å². The van der Waals surface area contributed by atoms with E-state index >= 15 is 0 Å². The standard InChI is InChI=1S/C13H17BrO2/c1-9(15)12-6-5-11(14)7-13(12)16-8-10-3-2-4-10/h5-7,9-10,15H,2-4,8H2,1H3. The van der Waals surface area contributed by atoms with Crippen LogP contribution in [0.15, 0.2) is 22.7 Å². The summed E-state index contributed by atoms with van der Waals surface area (Å²) in [7, 11) is 0. The largest absolute Gasteiger partial charge is 0.493 e. The van der Waals surface area contributed by atoms with E-state index in [2.05, 4.69) is 15.9 Å². The van der Waals surface area contributed by atoms with Crippen molar-refractivity contribution in [2.75, 3.05) is 6.61 Å². The van der Waals surface area contributed by atoms with Gasteiger partial charge in [0.25, 0.3) is 0 Å². The van der Waals surface area contributed by atoms with Gasteiger partial charge in [0.15, 0.2) is 0 Å². The van der Waals surface area contributed by atoms with Crippen LogP contribution in [0.4, 0.5) is 0 Å². The van der Waals surface area contributed by atoms with Crippen molar-refractivity contribution in [2.24, 2.45) is 5.92 Å². The molecule has 1 atom stereocenters. The molecular weight excluding hydrogens is 268 g/mol. The van der Waals surface area contributed by atoms with E-state index in [-0.39, 0.29) is 0 Å². The van der Waals surface area contributed by atoms with Crippen molar-refractivity contribution >= 4 is 15.9 Å². The molecule has 1 saturated carbocycles. The molecule has 0 spiro atoms. The van der Waals surface area contributed by atoms with Crippen molar-refractivity contribution in [3.8, 4) is 5.75 Å². The summed E-state index contributed by atoms with van der Waals surface area (Å²) in [6, 6.07) is 5.77. The molecule has 1 aromatic rings. The van der Waals surface area contributed by atoms with Crippen molar-refractivity contribution in [3.63, 3.8) is 0 Å². The van der Waals surface area contributed by atoms with Crippen LogP contribution >= 0.6 is 15.9 Å². The van der Waals surface area contributed by atoms with E-state index < -0.39 is 6.10 Å². The Bertz CT molecular complexity index is 359. The van der Waals surface area contributed by atoms with E-state index in [9.17, 15) is 5.11 Å². The van der Waals surface area contributed by atoms with Gasteiger partial charge < -0.3 is 9.84 Å². The lowest BCUT2D eigenvalue weighted by atomic mass is 9.86. The first kappa shape index (κ1) is 11.9. The smallest absolute Gasteiger partial charge is 0.126 e. The summed E-state index contributed by atoms with van der Waals surface area (Å²) < 4.78 is 6.78. The Kier molecular flexibility index (Phi) is 3.87. The Balaban J connectivity index is 2.06. The normalized spacial score (nSPS) is 17.9. The van der Waals surface area contributed by atoms with Gasteiger partial charge in [0.1, 0.15) is 5.75 Å². The van der Waals surface area contributed by atoms with E-state index in [1.54, 1.807) is 6.92 Å². The molecule has 2 nitrogen and oxygen atoms in total. The zero-order chi connectivity index (χ0) is 11.5. The fraction of sp³-hybridized carbons (Fsp3) is 0.538. The minimum atomic E-state index is -0.482. The molecule has 3 heteroatoms. The van der Waals surface area contributed by atoms with Gasteiger partial charge in [0, 0.05) is 10.0 Å². The molecule has 1 fully saturated rings. The zero-order valence-corrected chi connectivity index (χ0v) is 11.0. The number of benzene rings is 1. The van der Waals surface area contributed by atoms with Gasteiger partial charge in [-0.05, 0) is 37.8 Å². The highest BCUT2D eigenvalue weighted by atomic mass is 79.9. The fourth-order valence-corrected chi connectivity index (χ4v) is 2.19. The van der Waals surface area contributed by atoms with Gasteiger partial charge in [-0.25, -0.2) is 0 Å². The molecular formula is C13H17BrO2. The maximum atomic E-state index is 9.64. The molecule has 1 aliphatic carbocycles. The fourth-order valence-electron chi connectivity index (χ4n) is 1.85. The lowest BCUT2D eigenvalue weighted by Gasteiger charge is -2.26. The van der Waals surface area contributed by atoms with Crippen LogP contribution in [0, 0.1) is 5.92 Å². The SMILES string of the molecule is CC(O)c1ccc(Br)cc1OCC1CCC1. The van der Waals surface area contributed by atoms with Gasteiger partial charge in [-0.15, -0.1) is 0 Å². The van der Waals surface area contributed by atoms with Crippen LogP contribution in [0.5, 0.6) is 5.75 Å². The van der Waals surface area contributed by atoms with E-state index in [4.69, 9.17) is 4.74 Å². The van der Waals surface area contributed by atoms with Gasteiger partial charge >= 0.3 is 0 Å². The van der Waals surface area contributed by atoms with E-state index in [1.165, 1.54) is 19.3 Å². The highest BCUT2D eigenvalue weighted by Crippen LogP contribution is 2.31. The molecule has 2 rings (SSSR count). The second kappa shape index (κ2) is 5.19. The molecule has 16 heavy (non-hydrogen) atoms. The van der Waals surface area contributed by atoms with Gasteiger partial charge in [0.2, 0.25) is 0 Å². The monoisotopic (exact) mass is 284 g/mol. The minimum Gasteiger partial charge on any atom is -0.493 e. The molecule has 1 N–H and O–H groups in total. The molecule has 0 amide bonds. The quantitative estimate of drug-likeness (QED) is 0.914. The summed E-state index contributed by atoms with van der Waals surface area (Å²) in [5, 5.41) is 9.64. The van der Waals surface area contributed by atoms with Crippen LogP contribution in [-0.4, -0.2) is 11.7 Å². The first-order chi connectivity index (χ1) is 7.66. The number of rotatable bonds is 4. The summed E-state index contributed by atoms with van der Waals surface area (Å²) in [5.74, 6) is 1.51. The number of hydrogen-bond acceptors (Lipinski definition) is 2.